The van der Waals surface area contributed by atoms with Crippen LogP contribution in [0.4, 0.5) is 0 Å². The van der Waals surface area contributed by atoms with Crippen molar-refractivity contribution in [2.45, 2.75) is 43.9 Å². The summed E-state index contributed by atoms with van der Waals surface area (Å²) in [5.74, 6) is -0.792. The minimum atomic E-state index is -0.909. The summed E-state index contributed by atoms with van der Waals surface area (Å²) in [5, 5.41) is 4.01. The Bertz CT molecular complexity index is 1070. The molecular formula is C26H29ClN2O4. The molecule has 0 radical (unpaired) electrons. The third-order valence-electron chi connectivity index (χ3n) is 7.08. The van der Waals surface area contributed by atoms with Gasteiger partial charge in [-0.25, -0.2) is 4.79 Å². The Labute approximate surface area is 199 Å². The molecule has 0 bridgehead atoms. The minimum Gasteiger partial charge on any atom is -0.450 e. The number of nitrogens with zero attached hydrogens (tertiary/aromatic N) is 1. The highest BCUT2D eigenvalue weighted by atomic mass is 35.5. The van der Waals surface area contributed by atoms with Gasteiger partial charge in [-0.2, -0.15) is 0 Å². The molecule has 3 aliphatic rings. The van der Waals surface area contributed by atoms with Crippen molar-refractivity contribution >= 4 is 23.5 Å². The van der Waals surface area contributed by atoms with Gasteiger partial charge in [-0.3, -0.25) is 4.79 Å². The first-order chi connectivity index (χ1) is 16.0. The normalized spacial score (nSPS) is 23.9. The zero-order valence-electron chi connectivity index (χ0n) is 18.8. The van der Waals surface area contributed by atoms with Crippen LogP contribution in [0.3, 0.4) is 0 Å². The maximum Gasteiger partial charge on any atom is 0.339 e. The van der Waals surface area contributed by atoms with Crippen molar-refractivity contribution in [2.75, 3.05) is 26.8 Å². The summed E-state index contributed by atoms with van der Waals surface area (Å²) in [4.78, 5) is 28.7. The Kier molecular flexibility index (Phi) is 6.16. The molecule has 174 valence electrons. The van der Waals surface area contributed by atoms with E-state index in [2.05, 4.69) is 11.4 Å². The molecule has 2 fully saturated rings. The van der Waals surface area contributed by atoms with Crippen molar-refractivity contribution in [3.63, 3.8) is 0 Å². The summed E-state index contributed by atoms with van der Waals surface area (Å²) in [6.45, 7) is 2.26. The summed E-state index contributed by atoms with van der Waals surface area (Å²) in [5.41, 5.74) is 2.57. The van der Waals surface area contributed by atoms with Gasteiger partial charge < -0.3 is 19.7 Å². The molecule has 1 amide bonds. The average molecular weight is 469 g/mol. The summed E-state index contributed by atoms with van der Waals surface area (Å²) >= 11 is 6.55. The third kappa shape index (κ3) is 4.16. The highest BCUT2D eigenvalue weighted by Gasteiger charge is 2.56. The van der Waals surface area contributed by atoms with Gasteiger partial charge in [0.2, 0.25) is 5.91 Å². The van der Waals surface area contributed by atoms with Crippen LogP contribution in [0.25, 0.3) is 0 Å². The van der Waals surface area contributed by atoms with Crippen molar-refractivity contribution in [3.8, 4) is 0 Å². The first-order valence-electron chi connectivity index (χ1n) is 11.6. The van der Waals surface area contributed by atoms with Crippen LogP contribution >= 0.6 is 11.6 Å². The molecule has 7 heteroatoms. The first kappa shape index (κ1) is 22.4. The van der Waals surface area contributed by atoms with E-state index < -0.39 is 11.5 Å². The van der Waals surface area contributed by atoms with Gasteiger partial charge in [0.25, 0.3) is 0 Å². The second-order valence-electron chi connectivity index (χ2n) is 9.20. The van der Waals surface area contributed by atoms with Crippen LogP contribution in [0.1, 0.15) is 46.3 Å². The van der Waals surface area contributed by atoms with Gasteiger partial charge in [0, 0.05) is 43.2 Å². The van der Waals surface area contributed by atoms with Crippen molar-refractivity contribution < 1.29 is 19.1 Å². The molecule has 2 atom stereocenters. The molecule has 2 heterocycles. The second-order valence-corrected chi connectivity index (χ2v) is 9.60. The van der Waals surface area contributed by atoms with Crippen LogP contribution in [-0.2, 0) is 32.8 Å². The van der Waals surface area contributed by atoms with E-state index >= 15 is 0 Å². The Morgan fingerprint density at radius 3 is 2.88 bits per heavy atom. The molecule has 33 heavy (non-hydrogen) atoms. The fourth-order valence-corrected chi connectivity index (χ4v) is 5.36. The molecule has 1 aliphatic carbocycles. The van der Waals surface area contributed by atoms with Crippen LogP contribution in [0.5, 0.6) is 0 Å². The predicted molar refractivity (Wildman–Crippen MR) is 125 cm³/mol. The van der Waals surface area contributed by atoms with E-state index in [0.717, 1.165) is 36.0 Å². The van der Waals surface area contributed by atoms with Crippen LogP contribution < -0.4 is 5.32 Å². The van der Waals surface area contributed by atoms with E-state index in [9.17, 15) is 9.59 Å². The van der Waals surface area contributed by atoms with E-state index in [1.54, 1.807) is 13.2 Å². The van der Waals surface area contributed by atoms with Crippen LogP contribution in [0.15, 0.2) is 42.5 Å². The summed E-state index contributed by atoms with van der Waals surface area (Å²) in [6.07, 6.45) is 3.34. The van der Waals surface area contributed by atoms with E-state index in [-0.39, 0.29) is 17.9 Å². The molecule has 1 unspecified atom stereocenters. The number of carbonyl (C=O) groups excluding carboxylic acids is 2. The van der Waals surface area contributed by atoms with Gasteiger partial charge in [-0.05, 0) is 49.1 Å². The lowest BCUT2D eigenvalue weighted by Crippen LogP contribution is -2.55. The van der Waals surface area contributed by atoms with E-state index in [4.69, 9.17) is 21.1 Å². The number of benzene rings is 2. The minimum absolute atomic E-state index is 0.0209. The van der Waals surface area contributed by atoms with Crippen molar-refractivity contribution in [3.05, 3.63) is 69.7 Å². The Balaban J connectivity index is 1.45. The van der Waals surface area contributed by atoms with Gasteiger partial charge >= 0.3 is 5.97 Å². The number of hydrogen-bond donors (Lipinski definition) is 1. The molecular weight excluding hydrogens is 440 g/mol. The number of piperidine rings is 1. The zero-order chi connectivity index (χ0) is 23.0. The standard InChI is InChI=1S/C26H29ClN2O4/c1-32-13-10-17-6-9-23(27)18(14-17)16-29(19-7-8-19)24(30)22-15-28-12-11-26(22)21-5-3-2-4-20(21)25(31)33-26/h2-6,9,14,19,22,28H,7-8,10-13,15-16H2,1H3/t22?,26-/m0/s1. The van der Waals surface area contributed by atoms with Crippen molar-refractivity contribution in [2.24, 2.45) is 5.92 Å². The monoisotopic (exact) mass is 468 g/mol. The number of halogens is 1. The van der Waals surface area contributed by atoms with Crippen molar-refractivity contribution in [1.29, 1.82) is 0 Å². The Hall–Kier alpha value is -2.41. The second kappa shape index (κ2) is 9.09. The molecule has 1 saturated carbocycles. The topological polar surface area (TPSA) is 67.9 Å². The number of amides is 1. The van der Waals surface area contributed by atoms with Crippen molar-refractivity contribution in [1.82, 2.24) is 10.2 Å². The van der Waals surface area contributed by atoms with Gasteiger partial charge in [0.05, 0.1) is 18.1 Å². The van der Waals surface area contributed by atoms with Gasteiger partial charge in [0.1, 0.15) is 0 Å². The first-order valence-corrected chi connectivity index (χ1v) is 12.0. The van der Waals surface area contributed by atoms with Crippen LogP contribution in [-0.4, -0.2) is 49.6 Å². The highest BCUT2D eigenvalue weighted by Crippen LogP contribution is 2.47. The molecule has 1 saturated heterocycles. The number of esters is 1. The SMILES string of the molecule is COCCc1ccc(Cl)c(CN(C(=O)C2CNCC[C@@]23OC(=O)c2ccccc23)C2CC2)c1. The largest absolute Gasteiger partial charge is 0.450 e. The maximum atomic E-state index is 14.1. The van der Waals surface area contributed by atoms with Crippen LogP contribution in [0, 0.1) is 5.92 Å². The summed E-state index contributed by atoms with van der Waals surface area (Å²) < 4.78 is 11.2. The predicted octanol–water partition coefficient (Wildman–Crippen LogP) is 3.70. The summed E-state index contributed by atoms with van der Waals surface area (Å²) in [6, 6.07) is 13.6. The van der Waals surface area contributed by atoms with Gasteiger partial charge in [-0.1, -0.05) is 41.9 Å². The Morgan fingerprint density at radius 2 is 2.09 bits per heavy atom. The number of nitrogens with one attached hydrogen (secondary N) is 1. The highest BCUT2D eigenvalue weighted by molar-refractivity contribution is 6.31. The lowest BCUT2D eigenvalue weighted by atomic mass is 9.75. The zero-order valence-corrected chi connectivity index (χ0v) is 19.6. The maximum absolute atomic E-state index is 14.1. The van der Waals surface area contributed by atoms with E-state index in [1.807, 2.05) is 35.2 Å². The van der Waals surface area contributed by atoms with E-state index in [1.165, 1.54) is 0 Å². The number of ether oxygens (including phenoxy) is 2. The summed E-state index contributed by atoms with van der Waals surface area (Å²) in [7, 11) is 1.69. The average Bonchev–Trinajstić information content (AvgIpc) is 3.63. The molecule has 1 spiro atoms. The van der Waals surface area contributed by atoms with E-state index in [0.29, 0.717) is 43.2 Å². The molecule has 1 N–H and O–H groups in total. The number of hydrogen-bond acceptors (Lipinski definition) is 5. The van der Waals surface area contributed by atoms with Crippen LogP contribution in [0.2, 0.25) is 5.02 Å². The molecule has 2 aromatic carbocycles. The third-order valence-corrected chi connectivity index (χ3v) is 7.45. The smallest absolute Gasteiger partial charge is 0.339 e. The quantitative estimate of drug-likeness (QED) is 0.627. The molecule has 6 nitrogen and oxygen atoms in total. The molecule has 0 aromatic heterocycles. The Morgan fingerprint density at radius 1 is 1.27 bits per heavy atom. The molecule has 2 aromatic rings. The van der Waals surface area contributed by atoms with Gasteiger partial charge in [-0.15, -0.1) is 0 Å². The fraction of sp³-hybridized carbons (Fsp3) is 0.462. The molecule has 2 aliphatic heterocycles. The number of carbonyl (C=O) groups is 2. The number of fused-ring (bicyclic) bond motifs is 2. The number of rotatable bonds is 7. The lowest BCUT2D eigenvalue weighted by Gasteiger charge is -2.42. The van der Waals surface area contributed by atoms with Gasteiger partial charge in [0.15, 0.2) is 5.60 Å². The molecule has 5 rings (SSSR count). The fourth-order valence-electron chi connectivity index (χ4n) is 5.18. The number of methoxy groups -OCH3 is 1. The lowest BCUT2D eigenvalue weighted by molar-refractivity contribution is -0.149.